The van der Waals surface area contributed by atoms with Crippen molar-refractivity contribution in [2.45, 2.75) is 25.9 Å². The summed E-state index contributed by atoms with van der Waals surface area (Å²) < 4.78 is 5.73. The molecule has 0 bridgehead atoms. The number of rotatable bonds is 2. The Morgan fingerprint density at radius 2 is 2.33 bits per heavy atom. The van der Waals surface area contributed by atoms with Crippen LogP contribution in [0, 0.1) is 6.92 Å². The Labute approximate surface area is 110 Å². The highest BCUT2D eigenvalue weighted by molar-refractivity contribution is 7.11. The van der Waals surface area contributed by atoms with E-state index in [-0.39, 0.29) is 0 Å². The third kappa shape index (κ3) is 2.02. The van der Waals surface area contributed by atoms with Gasteiger partial charge in [0, 0.05) is 11.8 Å². The molecule has 94 valence electrons. The van der Waals surface area contributed by atoms with Crippen molar-refractivity contribution in [3.8, 4) is 5.75 Å². The number of aromatic nitrogens is 1. The van der Waals surface area contributed by atoms with Gasteiger partial charge in [-0.2, -0.15) is 0 Å². The number of fused-ring (bicyclic) bond motifs is 1. The summed E-state index contributed by atoms with van der Waals surface area (Å²) in [5.74, 6) is 0.863. The SMILES string of the molecule is Cc1ncc(C(O)c2cccc3c2OCCC3)s1. The molecule has 1 atom stereocenters. The van der Waals surface area contributed by atoms with Crippen LogP contribution in [-0.4, -0.2) is 16.7 Å². The molecule has 3 rings (SSSR count). The summed E-state index contributed by atoms with van der Waals surface area (Å²) in [7, 11) is 0. The molecule has 1 aromatic carbocycles. The lowest BCUT2D eigenvalue weighted by atomic mass is 9.99. The van der Waals surface area contributed by atoms with Crippen molar-refractivity contribution < 1.29 is 9.84 Å². The van der Waals surface area contributed by atoms with Crippen LogP contribution in [0.1, 0.15) is 33.5 Å². The summed E-state index contributed by atoms with van der Waals surface area (Å²) in [5.41, 5.74) is 2.05. The number of thiazole rings is 1. The van der Waals surface area contributed by atoms with Crippen LogP contribution in [-0.2, 0) is 6.42 Å². The van der Waals surface area contributed by atoms with Gasteiger partial charge in [0.2, 0.25) is 0 Å². The molecule has 1 N–H and O–H groups in total. The molecule has 0 radical (unpaired) electrons. The molecule has 0 saturated carbocycles. The van der Waals surface area contributed by atoms with Crippen LogP contribution in [0.25, 0.3) is 0 Å². The highest BCUT2D eigenvalue weighted by Crippen LogP contribution is 2.36. The van der Waals surface area contributed by atoms with Crippen LogP contribution < -0.4 is 4.74 Å². The molecule has 2 heterocycles. The number of ether oxygens (including phenoxy) is 1. The van der Waals surface area contributed by atoms with Crippen molar-refractivity contribution in [1.82, 2.24) is 4.98 Å². The van der Waals surface area contributed by atoms with Gasteiger partial charge in [0.1, 0.15) is 11.9 Å². The predicted molar refractivity (Wildman–Crippen MR) is 71.2 cm³/mol. The van der Waals surface area contributed by atoms with Crippen molar-refractivity contribution in [3.05, 3.63) is 45.4 Å². The molecule has 0 spiro atoms. The summed E-state index contributed by atoms with van der Waals surface area (Å²) in [6, 6.07) is 5.99. The lowest BCUT2D eigenvalue weighted by molar-refractivity contribution is 0.210. The molecule has 1 aliphatic rings. The molecule has 1 aromatic heterocycles. The largest absolute Gasteiger partial charge is 0.493 e. The maximum absolute atomic E-state index is 10.5. The Morgan fingerprint density at radius 1 is 1.44 bits per heavy atom. The van der Waals surface area contributed by atoms with Gasteiger partial charge in [-0.1, -0.05) is 18.2 Å². The first-order valence-corrected chi connectivity index (χ1v) is 6.92. The zero-order chi connectivity index (χ0) is 12.5. The second-order valence-corrected chi connectivity index (χ2v) is 5.74. The van der Waals surface area contributed by atoms with E-state index >= 15 is 0 Å². The fraction of sp³-hybridized carbons (Fsp3) is 0.357. The molecule has 4 heteroatoms. The van der Waals surface area contributed by atoms with Crippen molar-refractivity contribution in [2.24, 2.45) is 0 Å². The number of aryl methyl sites for hydroxylation is 2. The first-order chi connectivity index (χ1) is 8.75. The van der Waals surface area contributed by atoms with Crippen LogP contribution in [0.4, 0.5) is 0 Å². The van der Waals surface area contributed by atoms with Gasteiger partial charge in [0.15, 0.2) is 0 Å². The maximum Gasteiger partial charge on any atom is 0.128 e. The third-order valence-corrected chi connectivity index (χ3v) is 4.13. The lowest BCUT2D eigenvalue weighted by Gasteiger charge is -2.22. The van der Waals surface area contributed by atoms with Crippen LogP contribution in [0.15, 0.2) is 24.4 Å². The highest BCUT2D eigenvalue weighted by Gasteiger charge is 2.21. The monoisotopic (exact) mass is 261 g/mol. The Hall–Kier alpha value is -1.39. The van der Waals surface area contributed by atoms with E-state index in [1.54, 1.807) is 6.20 Å². The topological polar surface area (TPSA) is 42.4 Å². The van der Waals surface area contributed by atoms with Gasteiger partial charge < -0.3 is 9.84 Å². The number of benzene rings is 1. The maximum atomic E-state index is 10.5. The Bertz CT molecular complexity index is 565. The average molecular weight is 261 g/mol. The molecule has 0 amide bonds. The van der Waals surface area contributed by atoms with Crippen molar-refractivity contribution in [2.75, 3.05) is 6.61 Å². The summed E-state index contributed by atoms with van der Waals surface area (Å²) in [4.78, 5) is 5.06. The minimum atomic E-state index is -0.635. The Kier molecular flexibility index (Phi) is 3.06. The number of aliphatic hydroxyl groups excluding tert-OH is 1. The Morgan fingerprint density at radius 3 is 3.11 bits per heavy atom. The standard InChI is InChI=1S/C14H15NO2S/c1-9-15-8-12(18-9)13(16)11-6-2-4-10-5-3-7-17-14(10)11/h2,4,6,8,13,16H,3,5,7H2,1H3. The van der Waals surface area contributed by atoms with Crippen molar-refractivity contribution >= 4 is 11.3 Å². The summed E-state index contributed by atoms with van der Waals surface area (Å²) in [6.07, 6.45) is 3.18. The third-order valence-electron chi connectivity index (χ3n) is 3.17. The van der Waals surface area contributed by atoms with Crippen molar-refractivity contribution in [1.29, 1.82) is 0 Å². The normalized spacial score (nSPS) is 15.9. The number of para-hydroxylation sites is 1. The number of aliphatic hydroxyl groups is 1. The molecule has 0 aliphatic carbocycles. The van der Waals surface area contributed by atoms with E-state index in [4.69, 9.17) is 4.74 Å². The van der Waals surface area contributed by atoms with E-state index in [1.165, 1.54) is 16.9 Å². The van der Waals surface area contributed by atoms with Gasteiger partial charge in [0.05, 0.1) is 16.5 Å². The minimum Gasteiger partial charge on any atom is -0.493 e. The lowest BCUT2D eigenvalue weighted by Crippen LogP contribution is -2.12. The first-order valence-electron chi connectivity index (χ1n) is 6.10. The minimum absolute atomic E-state index is 0.635. The smallest absolute Gasteiger partial charge is 0.128 e. The zero-order valence-corrected chi connectivity index (χ0v) is 11.0. The molecule has 0 fully saturated rings. The molecule has 2 aromatic rings. The zero-order valence-electron chi connectivity index (χ0n) is 10.2. The predicted octanol–water partition coefficient (Wildman–Crippen LogP) is 2.86. The fourth-order valence-electron chi connectivity index (χ4n) is 2.29. The van der Waals surface area contributed by atoms with Crippen molar-refractivity contribution in [3.63, 3.8) is 0 Å². The van der Waals surface area contributed by atoms with Crippen LogP contribution >= 0.6 is 11.3 Å². The van der Waals surface area contributed by atoms with Gasteiger partial charge in [-0.3, -0.25) is 0 Å². The van der Waals surface area contributed by atoms with E-state index in [1.807, 2.05) is 19.1 Å². The van der Waals surface area contributed by atoms with Gasteiger partial charge in [-0.05, 0) is 25.3 Å². The molecule has 18 heavy (non-hydrogen) atoms. The van der Waals surface area contributed by atoms with E-state index in [2.05, 4.69) is 11.1 Å². The van der Waals surface area contributed by atoms with Gasteiger partial charge in [-0.25, -0.2) is 4.98 Å². The molecule has 1 unspecified atom stereocenters. The van der Waals surface area contributed by atoms with Gasteiger partial charge >= 0.3 is 0 Å². The fourth-order valence-corrected chi connectivity index (χ4v) is 3.08. The molecule has 0 saturated heterocycles. The second kappa shape index (κ2) is 4.71. The van der Waals surface area contributed by atoms with Crippen LogP contribution in [0.2, 0.25) is 0 Å². The summed E-state index contributed by atoms with van der Waals surface area (Å²) in [6.45, 7) is 2.68. The highest BCUT2D eigenvalue weighted by atomic mass is 32.1. The molecule has 3 nitrogen and oxygen atoms in total. The molecule has 1 aliphatic heterocycles. The molecular weight excluding hydrogens is 246 g/mol. The van der Waals surface area contributed by atoms with Crippen LogP contribution in [0.3, 0.4) is 0 Å². The average Bonchev–Trinajstić information content (AvgIpc) is 2.84. The summed E-state index contributed by atoms with van der Waals surface area (Å²) in [5, 5.41) is 11.4. The van der Waals surface area contributed by atoms with Gasteiger partial charge in [-0.15, -0.1) is 11.3 Å². The Balaban J connectivity index is 2.01. The number of hydrogen-bond acceptors (Lipinski definition) is 4. The van der Waals surface area contributed by atoms with E-state index < -0.39 is 6.10 Å². The van der Waals surface area contributed by atoms with Gasteiger partial charge in [0.25, 0.3) is 0 Å². The summed E-state index contributed by atoms with van der Waals surface area (Å²) >= 11 is 1.52. The number of hydrogen-bond donors (Lipinski definition) is 1. The first kappa shape index (κ1) is 11.7. The van der Waals surface area contributed by atoms with E-state index in [0.717, 1.165) is 40.6 Å². The van der Waals surface area contributed by atoms with Crippen LogP contribution in [0.5, 0.6) is 5.75 Å². The molecular formula is C14H15NO2S. The van der Waals surface area contributed by atoms with E-state index in [9.17, 15) is 5.11 Å². The van der Waals surface area contributed by atoms with E-state index in [0.29, 0.717) is 0 Å². The number of nitrogens with zero attached hydrogens (tertiary/aromatic N) is 1. The quantitative estimate of drug-likeness (QED) is 0.904. The second-order valence-electron chi connectivity index (χ2n) is 4.47.